The highest BCUT2D eigenvalue weighted by Gasteiger charge is 2.30. The number of pyridine rings is 1. The molecule has 1 saturated heterocycles. The summed E-state index contributed by atoms with van der Waals surface area (Å²) in [5.41, 5.74) is 3.71. The van der Waals surface area contributed by atoms with Gasteiger partial charge in [-0.2, -0.15) is 0 Å². The predicted molar refractivity (Wildman–Crippen MR) is 136 cm³/mol. The van der Waals surface area contributed by atoms with E-state index in [1.165, 1.54) is 6.26 Å². The fraction of sp³-hybridized carbons (Fsp3) is 0.480. The Balaban J connectivity index is 2.13. The molecule has 0 amide bonds. The van der Waals surface area contributed by atoms with Gasteiger partial charge in [0.25, 0.3) is 0 Å². The zero-order valence-corrected chi connectivity index (χ0v) is 21.3. The lowest BCUT2D eigenvalue weighted by Gasteiger charge is -2.35. The molecule has 1 aromatic carbocycles. The molecule has 2 aromatic rings. The van der Waals surface area contributed by atoms with Crippen LogP contribution in [0.5, 0.6) is 0 Å². The highest BCUT2D eigenvalue weighted by Crippen LogP contribution is 2.34. The molecular weight excluding hydrogens is 452 g/mol. The number of benzene rings is 1. The molecule has 8 nitrogen and oxygen atoms in total. The minimum Gasteiger partial charge on any atom is -0.461 e. The van der Waals surface area contributed by atoms with E-state index in [2.05, 4.69) is 15.2 Å². The second kappa shape index (κ2) is 10.5. The van der Waals surface area contributed by atoms with Crippen LogP contribution in [-0.4, -0.2) is 56.3 Å². The van der Waals surface area contributed by atoms with Crippen molar-refractivity contribution in [1.82, 2.24) is 4.98 Å². The van der Waals surface area contributed by atoms with Crippen molar-refractivity contribution >= 4 is 38.7 Å². The second-order valence-corrected chi connectivity index (χ2v) is 11.4. The molecule has 2 N–H and O–H groups in total. The standard InChI is InChI=1S/C25H34N4O4S/c1-6-33-25(30)20-15-21(29-12-10-19(11-13-29)34(5,31)32)22(23(26)16(2)3)24(28-20)27-18-9-7-8-17(4)14-18/h7-9,14-16,19,26H,6,10-13H2,1-5H3,(H,27,28). The monoisotopic (exact) mass is 486 g/mol. The van der Waals surface area contributed by atoms with Crippen LogP contribution in [0.25, 0.3) is 0 Å². The summed E-state index contributed by atoms with van der Waals surface area (Å²) in [6.45, 7) is 8.85. The number of ether oxygens (including phenoxy) is 1. The van der Waals surface area contributed by atoms with Gasteiger partial charge in [-0.3, -0.25) is 0 Å². The first-order chi connectivity index (χ1) is 16.0. The van der Waals surface area contributed by atoms with Crippen molar-refractivity contribution in [2.45, 2.75) is 45.8 Å². The summed E-state index contributed by atoms with van der Waals surface area (Å²) in [4.78, 5) is 19.3. The van der Waals surface area contributed by atoms with E-state index in [1.54, 1.807) is 13.0 Å². The average Bonchev–Trinajstić information content (AvgIpc) is 2.77. The van der Waals surface area contributed by atoms with Crippen LogP contribution in [0.2, 0.25) is 0 Å². The van der Waals surface area contributed by atoms with Gasteiger partial charge < -0.3 is 20.4 Å². The summed E-state index contributed by atoms with van der Waals surface area (Å²) in [5.74, 6) is -0.208. The molecular formula is C25H34N4O4S. The van der Waals surface area contributed by atoms with E-state index in [4.69, 9.17) is 10.1 Å². The van der Waals surface area contributed by atoms with Crippen LogP contribution in [0.3, 0.4) is 0 Å². The maximum atomic E-state index is 12.7. The van der Waals surface area contributed by atoms with Crippen molar-refractivity contribution in [3.05, 3.63) is 47.2 Å². The maximum Gasteiger partial charge on any atom is 0.357 e. The fourth-order valence-electron chi connectivity index (χ4n) is 4.12. The van der Waals surface area contributed by atoms with Crippen LogP contribution in [0.15, 0.2) is 30.3 Å². The van der Waals surface area contributed by atoms with Gasteiger partial charge in [-0.1, -0.05) is 26.0 Å². The molecule has 34 heavy (non-hydrogen) atoms. The molecule has 0 spiro atoms. The predicted octanol–water partition coefficient (Wildman–Crippen LogP) is 4.35. The molecule has 1 aliphatic rings. The van der Waals surface area contributed by atoms with E-state index in [-0.39, 0.29) is 23.5 Å². The number of piperidine rings is 1. The highest BCUT2D eigenvalue weighted by atomic mass is 32.2. The van der Waals surface area contributed by atoms with Gasteiger partial charge in [-0.05, 0) is 56.4 Å². The Morgan fingerprint density at radius 1 is 1.26 bits per heavy atom. The molecule has 0 atom stereocenters. The normalized spacial score (nSPS) is 14.8. The number of carbonyl (C=O) groups is 1. The Kier molecular flexibility index (Phi) is 7.97. The Bertz CT molecular complexity index is 1170. The fourth-order valence-corrected chi connectivity index (χ4v) is 5.19. The van der Waals surface area contributed by atoms with Gasteiger partial charge >= 0.3 is 5.97 Å². The van der Waals surface area contributed by atoms with Gasteiger partial charge in [0.05, 0.1) is 23.1 Å². The molecule has 9 heteroatoms. The number of nitrogens with zero attached hydrogens (tertiary/aromatic N) is 2. The topological polar surface area (TPSA) is 112 Å². The van der Waals surface area contributed by atoms with E-state index in [0.717, 1.165) is 11.3 Å². The van der Waals surface area contributed by atoms with E-state index < -0.39 is 15.8 Å². The van der Waals surface area contributed by atoms with E-state index in [9.17, 15) is 13.2 Å². The second-order valence-electron chi connectivity index (χ2n) is 9.05. The number of sulfone groups is 1. The van der Waals surface area contributed by atoms with Crippen molar-refractivity contribution in [1.29, 1.82) is 5.41 Å². The summed E-state index contributed by atoms with van der Waals surface area (Å²) in [6.07, 6.45) is 2.26. The number of esters is 1. The molecule has 1 aromatic heterocycles. The summed E-state index contributed by atoms with van der Waals surface area (Å²) < 4.78 is 29.3. The number of rotatable bonds is 8. The number of aryl methyl sites for hydroxylation is 1. The molecule has 0 unspecified atom stereocenters. The van der Waals surface area contributed by atoms with Crippen LogP contribution in [0.1, 0.15) is 55.2 Å². The molecule has 1 aliphatic heterocycles. The van der Waals surface area contributed by atoms with Crippen LogP contribution in [-0.2, 0) is 14.6 Å². The number of hydrogen-bond donors (Lipinski definition) is 2. The lowest BCUT2D eigenvalue weighted by Crippen LogP contribution is -2.40. The third-order valence-electron chi connectivity index (χ3n) is 6.00. The van der Waals surface area contributed by atoms with Crippen molar-refractivity contribution in [2.24, 2.45) is 5.92 Å². The average molecular weight is 487 g/mol. The van der Waals surface area contributed by atoms with Gasteiger partial charge in [0.2, 0.25) is 0 Å². The van der Waals surface area contributed by atoms with Crippen molar-refractivity contribution in [3.8, 4) is 0 Å². The summed E-state index contributed by atoms with van der Waals surface area (Å²) in [6, 6.07) is 9.47. The highest BCUT2D eigenvalue weighted by molar-refractivity contribution is 7.91. The largest absolute Gasteiger partial charge is 0.461 e. The number of aromatic nitrogens is 1. The smallest absolute Gasteiger partial charge is 0.357 e. The van der Waals surface area contributed by atoms with E-state index in [1.807, 2.05) is 45.0 Å². The minimum atomic E-state index is -3.12. The molecule has 3 rings (SSSR count). The lowest BCUT2D eigenvalue weighted by molar-refractivity contribution is 0.0519. The first-order valence-electron chi connectivity index (χ1n) is 11.6. The van der Waals surface area contributed by atoms with Gasteiger partial charge in [0.1, 0.15) is 15.7 Å². The molecule has 184 valence electrons. The Morgan fingerprint density at radius 2 is 1.94 bits per heavy atom. The molecule has 2 heterocycles. The maximum absolute atomic E-state index is 12.7. The molecule has 0 aliphatic carbocycles. The SMILES string of the molecule is CCOC(=O)c1cc(N2CCC(S(C)(=O)=O)CC2)c(C(=N)C(C)C)c(Nc2cccc(C)c2)n1. The van der Waals surface area contributed by atoms with Gasteiger partial charge in [-0.25, -0.2) is 18.2 Å². The lowest BCUT2D eigenvalue weighted by atomic mass is 9.96. The zero-order chi connectivity index (χ0) is 25.0. The summed E-state index contributed by atoms with van der Waals surface area (Å²) in [7, 11) is -3.12. The Hall–Kier alpha value is -2.94. The van der Waals surface area contributed by atoms with Crippen LogP contribution in [0.4, 0.5) is 17.2 Å². The molecule has 0 radical (unpaired) electrons. The van der Waals surface area contributed by atoms with Crippen LogP contribution in [0, 0.1) is 18.3 Å². The number of carbonyl (C=O) groups excluding carboxylic acids is 1. The Labute approximate surface area is 202 Å². The van der Waals surface area contributed by atoms with Gasteiger partial charge in [0.15, 0.2) is 5.69 Å². The molecule has 1 fully saturated rings. The third-order valence-corrected chi connectivity index (χ3v) is 7.68. The van der Waals surface area contributed by atoms with Crippen molar-refractivity contribution in [3.63, 3.8) is 0 Å². The molecule has 0 saturated carbocycles. The van der Waals surface area contributed by atoms with Gasteiger partial charge in [0, 0.05) is 30.7 Å². The summed E-state index contributed by atoms with van der Waals surface area (Å²) >= 11 is 0. The first-order valence-corrected chi connectivity index (χ1v) is 13.5. The molecule has 0 bridgehead atoms. The van der Waals surface area contributed by atoms with E-state index >= 15 is 0 Å². The summed E-state index contributed by atoms with van der Waals surface area (Å²) in [5, 5.41) is 11.8. The van der Waals surface area contributed by atoms with Crippen LogP contribution < -0.4 is 10.2 Å². The quantitative estimate of drug-likeness (QED) is 0.421. The van der Waals surface area contributed by atoms with Gasteiger partial charge in [-0.15, -0.1) is 0 Å². The van der Waals surface area contributed by atoms with Crippen molar-refractivity contribution < 1.29 is 17.9 Å². The Morgan fingerprint density at radius 3 is 2.50 bits per heavy atom. The zero-order valence-electron chi connectivity index (χ0n) is 20.5. The van der Waals surface area contributed by atoms with E-state index in [0.29, 0.717) is 48.7 Å². The van der Waals surface area contributed by atoms with Crippen molar-refractivity contribution in [2.75, 3.05) is 36.2 Å². The third kappa shape index (κ3) is 5.94. The first kappa shape index (κ1) is 25.7. The number of hydrogen-bond acceptors (Lipinski definition) is 8. The number of nitrogens with one attached hydrogen (secondary N) is 2. The number of anilines is 3. The minimum absolute atomic E-state index is 0.0828. The van der Waals surface area contributed by atoms with Crippen LogP contribution >= 0.6 is 0 Å².